The fourth-order valence-corrected chi connectivity index (χ4v) is 3.95. The molecule has 4 rings (SSSR count). The summed E-state index contributed by atoms with van der Waals surface area (Å²) in [5.74, 6) is 0.949. The van der Waals surface area contributed by atoms with Gasteiger partial charge in [-0.05, 0) is 45.7 Å². The Balaban J connectivity index is 1.63. The van der Waals surface area contributed by atoms with E-state index in [1.807, 2.05) is 54.5 Å². The van der Waals surface area contributed by atoms with Gasteiger partial charge in [-0.15, -0.1) is 0 Å². The molecule has 0 unspecified atom stereocenters. The number of fused-ring (bicyclic) bond motifs is 1. The Labute approximate surface area is 146 Å². The summed E-state index contributed by atoms with van der Waals surface area (Å²) in [6.07, 6.45) is 4.29. The van der Waals surface area contributed by atoms with E-state index < -0.39 is 0 Å². The van der Waals surface area contributed by atoms with E-state index in [-0.39, 0.29) is 11.9 Å². The number of rotatable bonds is 3. The molecule has 0 saturated carbocycles. The summed E-state index contributed by atoms with van der Waals surface area (Å²) in [5, 5.41) is 4.06. The lowest BCUT2D eigenvalue weighted by Crippen LogP contribution is -2.32. The summed E-state index contributed by atoms with van der Waals surface area (Å²) in [5.41, 5.74) is 4.71. The monoisotopic (exact) mass is 338 g/mol. The highest BCUT2D eigenvalue weighted by molar-refractivity contribution is 5.80. The summed E-state index contributed by atoms with van der Waals surface area (Å²) >= 11 is 0. The quantitative estimate of drug-likeness (QED) is 0.736. The fourth-order valence-electron chi connectivity index (χ4n) is 3.95. The molecule has 3 aromatic heterocycles. The number of carbonyl (C=O) groups is 1. The first kappa shape index (κ1) is 15.9. The number of pyridine rings is 1. The lowest BCUT2D eigenvalue weighted by Gasteiger charge is -2.25. The summed E-state index contributed by atoms with van der Waals surface area (Å²) < 4.78 is 7.32. The first-order chi connectivity index (χ1) is 12.1. The lowest BCUT2D eigenvalue weighted by molar-refractivity contribution is -0.131. The van der Waals surface area contributed by atoms with E-state index in [4.69, 9.17) is 4.52 Å². The van der Waals surface area contributed by atoms with E-state index in [9.17, 15) is 4.79 Å². The van der Waals surface area contributed by atoms with Crippen LogP contribution in [0.4, 0.5) is 0 Å². The van der Waals surface area contributed by atoms with Crippen LogP contribution in [-0.2, 0) is 11.2 Å². The Morgan fingerprint density at radius 3 is 2.88 bits per heavy atom. The smallest absolute Gasteiger partial charge is 0.229 e. The van der Waals surface area contributed by atoms with Gasteiger partial charge < -0.3 is 13.8 Å². The van der Waals surface area contributed by atoms with Gasteiger partial charge in [-0.25, -0.2) is 4.98 Å². The van der Waals surface area contributed by atoms with Crippen molar-refractivity contribution in [2.24, 2.45) is 0 Å². The minimum absolute atomic E-state index is 0.0678. The Kier molecular flexibility index (Phi) is 3.82. The first-order valence-corrected chi connectivity index (χ1v) is 8.71. The number of hydrogen-bond acceptors (Lipinski definition) is 4. The second-order valence-corrected chi connectivity index (χ2v) is 6.73. The van der Waals surface area contributed by atoms with E-state index in [1.54, 1.807) is 0 Å². The van der Waals surface area contributed by atoms with Gasteiger partial charge in [0.05, 0.1) is 29.5 Å². The van der Waals surface area contributed by atoms with Crippen molar-refractivity contribution in [1.29, 1.82) is 0 Å². The van der Waals surface area contributed by atoms with Crippen LogP contribution < -0.4 is 0 Å². The van der Waals surface area contributed by atoms with Crippen molar-refractivity contribution in [3.63, 3.8) is 0 Å². The predicted octanol–water partition coefficient (Wildman–Crippen LogP) is 3.15. The number of aryl methyl sites for hydroxylation is 3. The average Bonchev–Trinajstić information content (AvgIpc) is 3.26. The summed E-state index contributed by atoms with van der Waals surface area (Å²) in [4.78, 5) is 19.6. The minimum atomic E-state index is 0.0678. The average molecular weight is 338 g/mol. The van der Waals surface area contributed by atoms with Crippen LogP contribution in [0.3, 0.4) is 0 Å². The molecule has 130 valence electrons. The molecule has 0 spiro atoms. The third-order valence-corrected chi connectivity index (χ3v) is 5.14. The summed E-state index contributed by atoms with van der Waals surface area (Å²) in [6, 6.07) is 5.95. The van der Waals surface area contributed by atoms with E-state index in [0.29, 0.717) is 6.42 Å². The van der Waals surface area contributed by atoms with Gasteiger partial charge in [0.15, 0.2) is 0 Å². The number of amides is 1. The summed E-state index contributed by atoms with van der Waals surface area (Å²) in [7, 11) is 0. The van der Waals surface area contributed by atoms with Crippen LogP contribution in [-0.4, -0.2) is 31.9 Å². The van der Waals surface area contributed by atoms with Gasteiger partial charge in [0.1, 0.15) is 11.4 Å². The fraction of sp³-hybridized carbons (Fsp3) is 0.421. The predicted molar refractivity (Wildman–Crippen MR) is 93.3 cm³/mol. The standard InChI is InChI=1S/C19H22N4O2/c1-12-16(22-9-5-4-8-17(22)20-12)11-18(24)23-10-6-7-15(23)19-13(2)21-25-14(19)3/h4-5,8-9,15H,6-7,10-11H2,1-3H3/t15-/m0/s1. The highest BCUT2D eigenvalue weighted by atomic mass is 16.5. The molecule has 1 aliphatic rings. The molecule has 0 bridgehead atoms. The zero-order valence-electron chi connectivity index (χ0n) is 14.8. The molecular formula is C19H22N4O2. The molecule has 1 saturated heterocycles. The van der Waals surface area contributed by atoms with E-state index in [2.05, 4.69) is 10.1 Å². The molecule has 6 heteroatoms. The van der Waals surface area contributed by atoms with E-state index >= 15 is 0 Å². The van der Waals surface area contributed by atoms with Crippen LogP contribution in [0, 0.1) is 20.8 Å². The molecular weight excluding hydrogens is 316 g/mol. The van der Waals surface area contributed by atoms with Crippen LogP contribution in [0.15, 0.2) is 28.9 Å². The van der Waals surface area contributed by atoms with Crippen molar-refractivity contribution in [2.45, 2.75) is 46.1 Å². The Morgan fingerprint density at radius 2 is 2.12 bits per heavy atom. The maximum Gasteiger partial charge on any atom is 0.229 e. The highest BCUT2D eigenvalue weighted by Crippen LogP contribution is 2.36. The van der Waals surface area contributed by atoms with Crippen LogP contribution in [0.5, 0.6) is 0 Å². The zero-order valence-corrected chi connectivity index (χ0v) is 14.8. The third kappa shape index (κ3) is 2.62. The molecule has 25 heavy (non-hydrogen) atoms. The van der Waals surface area contributed by atoms with Crippen LogP contribution >= 0.6 is 0 Å². The molecule has 0 radical (unpaired) electrons. The topological polar surface area (TPSA) is 63.6 Å². The number of nitrogens with zero attached hydrogens (tertiary/aromatic N) is 4. The van der Waals surface area contributed by atoms with Gasteiger partial charge in [-0.2, -0.15) is 0 Å². The number of imidazole rings is 1. The van der Waals surface area contributed by atoms with Crippen molar-refractivity contribution in [3.05, 3.63) is 52.8 Å². The molecule has 4 heterocycles. The number of carbonyl (C=O) groups excluding carboxylic acids is 1. The van der Waals surface area contributed by atoms with Crippen LogP contribution in [0.1, 0.15) is 47.3 Å². The molecule has 1 atom stereocenters. The molecule has 1 amide bonds. The zero-order chi connectivity index (χ0) is 17.6. The number of hydrogen-bond donors (Lipinski definition) is 0. The minimum Gasteiger partial charge on any atom is -0.361 e. The largest absolute Gasteiger partial charge is 0.361 e. The normalized spacial score (nSPS) is 17.6. The van der Waals surface area contributed by atoms with Crippen molar-refractivity contribution in [3.8, 4) is 0 Å². The maximum absolute atomic E-state index is 13.1. The number of aromatic nitrogens is 3. The first-order valence-electron chi connectivity index (χ1n) is 8.71. The molecule has 0 aliphatic carbocycles. The maximum atomic E-state index is 13.1. The molecule has 3 aromatic rings. The van der Waals surface area contributed by atoms with Gasteiger partial charge in [0.2, 0.25) is 5.91 Å². The SMILES string of the molecule is Cc1noc(C)c1[C@@H]1CCCN1C(=O)Cc1c(C)nc2ccccn12. The van der Waals surface area contributed by atoms with Gasteiger partial charge in [-0.3, -0.25) is 4.79 Å². The highest BCUT2D eigenvalue weighted by Gasteiger charge is 2.34. The van der Waals surface area contributed by atoms with Crippen LogP contribution in [0.25, 0.3) is 5.65 Å². The van der Waals surface area contributed by atoms with Crippen molar-refractivity contribution in [1.82, 2.24) is 19.4 Å². The molecule has 6 nitrogen and oxygen atoms in total. The number of likely N-dealkylation sites (tertiary alicyclic amines) is 1. The molecule has 0 aromatic carbocycles. The Hall–Kier alpha value is -2.63. The Morgan fingerprint density at radius 1 is 1.28 bits per heavy atom. The van der Waals surface area contributed by atoms with Gasteiger partial charge in [0, 0.05) is 18.3 Å². The molecule has 1 fully saturated rings. The van der Waals surface area contributed by atoms with Gasteiger partial charge in [-0.1, -0.05) is 11.2 Å². The van der Waals surface area contributed by atoms with E-state index in [0.717, 1.165) is 53.4 Å². The molecule has 1 aliphatic heterocycles. The Bertz CT molecular complexity index is 921. The molecule has 0 N–H and O–H groups in total. The second kappa shape index (κ2) is 6.02. The van der Waals surface area contributed by atoms with Crippen LogP contribution in [0.2, 0.25) is 0 Å². The van der Waals surface area contributed by atoms with Crippen molar-refractivity contribution in [2.75, 3.05) is 6.54 Å². The summed E-state index contributed by atoms with van der Waals surface area (Å²) in [6.45, 7) is 6.61. The van der Waals surface area contributed by atoms with Gasteiger partial charge >= 0.3 is 0 Å². The van der Waals surface area contributed by atoms with E-state index in [1.165, 1.54) is 0 Å². The van der Waals surface area contributed by atoms with Crippen molar-refractivity contribution >= 4 is 11.6 Å². The van der Waals surface area contributed by atoms with Crippen molar-refractivity contribution < 1.29 is 9.32 Å². The third-order valence-electron chi connectivity index (χ3n) is 5.14. The van der Waals surface area contributed by atoms with Gasteiger partial charge in [0.25, 0.3) is 0 Å². The lowest BCUT2D eigenvalue weighted by atomic mass is 10.0. The second-order valence-electron chi connectivity index (χ2n) is 6.73.